The molecular formula is C18H22ClNO3. The smallest absolute Gasteiger partial charge is 0.161 e. The number of benzene rings is 2. The van der Waals surface area contributed by atoms with Crippen LogP contribution in [0.4, 0.5) is 0 Å². The summed E-state index contributed by atoms with van der Waals surface area (Å²) in [5.74, 6) is 1.39. The minimum atomic E-state index is -0.362. The number of nitrogens with one attached hydrogen (secondary N) is 1. The molecule has 0 saturated carbocycles. The molecule has 0 bridgehead atoms. The molecule has 0 saturated heterocycles. The molecule has 2 aromatic rings. The summed E-state index contributed by atoms with van der Waals surface area (Å²) in [5, 5.41) is 13.1. The maximum atomic E-state index is 9.26. The van der Waals surface area contributed by atoms with Gasteiger partial charge in [0.25, 0.3) is 0 Å². The van der Waals surface area contributed by atoms with Crippen LogP contribution in [-0.4, -0.2) is 24.9 Å². The first-order valence-corrected chi connectivity index (χ1v) is 7.89. The van der Waals surface area contributed by atoms with Crippen LogP contribution in [0.3, 0.4) is 0 Å². The number of halogens is 1. The fourth-order valence-electron chi connectivity index (χ4n) is 2.11. The van der Waals surface area contributed by atoms with Crippen molar-refractivity contribution in [3.8, 4) is 11.5 Å². The number of rotatable bonds is 8. The van der Waals surface area contributed by atoms with Gasteiger partial charge in [0.2, 0.25) is 0 Å². The molecule has 2 rings (SSSR count). The van der Waals surface area contributed by atoms with Gasteiger partial charge in [-0.3, -0.25) is 0 Å². The van der Waals surface area contributed by atoms with Gasteiger partial charge in [-0.15, -0.1) is 0 Å². The third-order valence-corrected chi connectivity index (χ3v) is 3.56. The van der Waals surface area contributed by atoms with Gasteiger partial charge in [0.1, 0.15) is 6.61 Å². The second-order valence-corrected chi connectivity index (χ2v) is 5.82. The van der Waals surface area contributed by atoms with E-state index >= 15 is 0 Å². The molecule has 23 heavy (non-hydrogen) atoms. The fraction of sp³-hybridized carbons (Fsp3) is 0.333. The summed E-state index contributed by atoms with van der Waals surface area (Å²) in [6.07, 6.45) is -0.362. The zero-order valence-corrected chi connectivity index (χ0v) is 14.1. The zero-order chi connectivity index (χ0) is 16.7. The van der Waals surface area contributed by atoms with E-state index in [2.05, 4.69) is 5.32 Å². The Morgan fingerprint density at radius 3 is 2.43 bits per heavy atom. The van der Waals surface area contributed by atoms with Gasteiger partial charge in [0, 0.05) is 18.1 Å². The zero-order valence-electron chi connectivity index (χ0n) is 13.4. The lowest BCUT2D eigenvalue weighted by Gasteiger charge is -2.13. The van der Waals surface area contributed by atoms with Gasteiger partial charge in [-0.2, -0.15) is 0 Å². The average Bonchev–Trinajstić information content (AvgIpc) is 2.54. The topological polar surface area (TPSA) is 50.7 Å². The molecular weight excluding hydrogens is 314 g/mol. The van der Waals surface area contributed by atoms with Gasteiger partial charge in [0.05, 0.1) is 13.2 Å². The molecule has 0 fully saturated rings. The van der Waals surface area contributed by atoms with Crippen molar-refractivity contribution in [2.45, 2.75) is 26.2 Å². The van der Waals surface area contributed by atoms with Gasteiger partial charge in [-0.25, -0.2) is 0 Å². The minimum Gasteiger partial charge on any atom is -0.493 e. The van der Waals surface area contributed by atoms with Crippen LogP contribution in [0.5, 0.6) is 11.5 Å². The molecule has 0 aliphatic heterocycles. The van der Waals surface area contributed by atoms with Gasteiger partial charge in [-0.05, 0) is 42.3 Å². The molecule has 0 amide bonds. The largest absolute Gasteiger partial charge is 0.493 e. The highest BCUT2D eigenvalue weighted by atomic mass is 35.5. The number of aliphatic hydroxyl groups excluding tert-OH is 1. The van der Waals surface area contributed by atoms with E-state index in [1.807, 2.05) is 42.5 Å². The van der Waals surface area contributed by atoms with Crippen LogP contribution in [0, 0.1) is 0 Å². The first-order chi connectivity index (χ1) is 11.1. The Morgan fingerprint density at radius 2 is 1.78 bits per heavy atom. The Morgan fingerprint density at radius 1 is 1.09 bits per heavy atom. The number of hydrogen-bond acceptors (Lipinski definition) is 4. The summed E-state index contributed by atoms with van der Waals surface area (Å²) in [5.41, 5.74) is 2.11. The van der Waals surface area contributed by atoms with Gasteiger partial charge >= 0.3 is 0 Å². The van der Waals surface area contributed by atoms with E-state index in [0.29, 0.717) is 36.2 Å². The fourth-order valence-corrected chi connectivity index (χ4v) is 2.23. The monoisotopic (exact) mass is 335 g/mol. The first-order valence-electron chi connectivity index (χ1n) is 7.51. The van der Waals surface area contributed by atoms with Gasteiger partial charge in [-0.1, -0.05) is 29.8 Å². The molecule has 0 aromatic heterocycles. The van der Waals surface area contributed by atoms with Gasteiger partial charge < -0.3 is 19.9 Å². The Hall–Kier alpha value is -1.75. The lowest BCUT2D eigenvalue weighted by atomic mass is 10.2. The van der Waals surface area contributed by atoms with E-state index in [1.54, 1.807) is 14.0 Å². The third kappa shape index (κ3) is 5.75. The number of methoxy groups -OCH3 is 1. The highest BCUT2D eigenvalue weighted by Crippen LogP contribution is 2.29. The molecule has 0 radical (unpaired) electrons. The minimum absolute atomic E-state index is 0.362. The summed E-state index contributed by atoms with van der Waals surface area (Å²) in [4.78, 5) is 0. The van der Waals surface area contributed by atoms with Crippen molar-refractivity contribution in [3.05, 3.63) is 58.6 Å². The molecule has 0 heterocycles. The van der Waals surface area contributed by atoms with Crippen molar-refractivity contribution in [2.24, 2.45) is 0 Å². The van der Waals surface area contributed by atoms with E-state index in [-0.39, 0.29) is 6.10 Å². The molecule has 1 atom stereocenters. The summed E-state index contributed by atoms with van der Waals surface area (Å²) in [6, 6.07) is 13.4. The molecule has 0 spiro atoms. The highest BCUT2D eigenvalue weighted by Gasteiger charge is 2.07. The second kappa shape index (κ2) is 8.77. The van der Waals surface area contributed by atoms with Crippen LogP contribution >= 0.6 is 11.6 Å². The quantitative estimate of drug-likeness (QED) is 0.776. The predicted molar refractivity (Wildman–Crippen MR) is 92.2 cm³/mol. The Bertz CT molecular complexity index is 614. The van der Waals surface area contributed by atoms with Crippen molar-refractivity contribution < 1.29 is 14.6 Å². The van der Waals surface area contributed by atoms with Crippen molar-refractivity contribution in [1.29, 1.82) is 0 Å². The lowest BCUT2D eigenvalue weighted by Crippen LogP contribution is -2.23. The van der Waals surface area contributed by atoms with E-state index < -0.39 is 0 Å². The summed E-state index contributed by atoms with van der Waals surface area (Å²) < 4.78 is 11.2. The maximum Gasteiger partial charge on any atom is 0.161 e. The molecule has 0 aliphatic rings. The normalized spacial score (nSPS) is 12.0. The summed E-state index contributed by atoms with van der Waals surface area (Å²) in [7, 11) is 1.62. The van der Waals surface area contributed by atoms with Crippen LogP contribution in [-0.2, 0) is 13.2 Å². The van der Waals surface area contributed by atoms with Gasteiger partial charge in [0.15, 0.2) is 11.5 Å². The van der Waals surface area contributed by atoms with Crippen LogP contribution in [0.2, 0.25) is 5.02 Å². The third-order valence-electron chi connectivity index (χ3n) is 3.30. The Labute approximate surface area is 142 Å². The standard InChI is InChI=1S/C18H22ClNO3/c1-13(21)10-20-11-15-5-8-17(18(9-15)22-2)23-12-14-3-6-16(19)7-4-14/h3-9,13,20-21H,10-12H2,1-2H3/t13-/m0/s1. The van der Waals surface area contributed by atoms with E-state index in [1.165, 1.54) is 0 Å². The van der Waals surface area contributed by atoms with Crippen LogP contribution in [0.15, 0.2) is 42.5 Å². The SMILES string of the molecule is COc1cc(CNC[C@H](C)O)ccc1OCc1ccc(Cl)cc1. The number of hydrogen-bond donors (Lipinski definition) is 2. The molecule has 0 unspecified atom stereocenters. The summed E-state index contributed by atoms with van der Waals surface area (Å²) in [6.45, 7) is 3.42. The van der Waals surface area contributed by atoms with Crippen molar-refractivity contribution in [3.63, 3.8) is 0 Å². The van der Waals surface area contributed by atoms with E-state index in [4.69, 9.17) is 21.1 Å². The molecule has 5 heteroatoms. The molecule has 2 N–H and O–H groups in total. The van der Waals surface area contributed by atoms with Crippen molar-refractivity contribution in [2.75, 3.05) is 13.7 Å². The van der Waals surface area contributed by atoms with Crippen molar-refractivity contribution >= 4 is 11.6 Å². The molecule has 124 valence electrons. The Kier molecular flexibility index (Phi) is 6.71. The van der Waals surface area contributed by atoms with E-state index in [0.717, 1.165) is 11.1 Å². The number of ether oxygens (including phenoxy) is 2. The average molecular weight is 336 g/mol. The number of aliphatic hydroxyl groups is 1. The second-order valence-electron chi connectivity index (χ2n) is 5.38. The van der Waals surface area contributed by atoms with Crippen LogP contribution < -0.4 is 14.8 Å². The Balaban J connectivity index is 1.97. The predicted octanol–water partition coefficient (Wildman–Crippen LogP) is 3.40. The van der Waals surface area contributed by atoms with Crippen LogP contribution in [0.1, 0.15) is 18.1 Å². The lowest BCUT2D eigenvalue weighted by molar-refractivity contribution is 0.191. The molecule has 2 aromatic carbocycles. The molecule has 0 aliphatic carbocycles. The van der Waals surface area contributed by atoms with Crippen LogP contribution in [0.25, 0.3) is 0 Å². The summed E-state index contributed by atoms with van der Waals surface area (Å²) >= 11 is 5.87. The molecule has 4 nitrogen and oxygen atoms in total. The first kappa shape index (κ1) is 17.6. The van der Waals surface area contributed by atoms with Crippen molar-refractivity contribution in [1.82, 2.24) is 5.32 Å². The van der Waals surface area contributed by atoms with E-state index in [9.17, 15) is 5.11 Å². The maximum absolute atomic E-state index is 9.26. The highest BCUT2D eigenvalue weighted by molar-refractivity contribution is 6.30.